The van der Waals surface area contributed by atoms with Gasteiger partial charge in [0.1, 0.15) is 12.3 Å². The highest BCUT2D eigenvalue weighted by atomic mass is 19.3. The molecule has 0 bridgehead atoms. The van der Waals surface area contributed by atoms with Crippen molar-refractivity contribution in [3.05, 3.63) is 71.9 Å². The first-order valence-corrected chi connectivity index (χ1v) is 10.4. The minimum atomic E-state index is -2.93. The number of halogens is 2. The van der Waals surface area contributed by atoms with Crippen molar-refractivity contribution in [2.75, 3.05) is 6.54 Å². The Labute approximate surface area is 183 Å². The van der Waals surface area contributed by atoms with E-state index in [4.69, 9.17) is 4.74 Å². The molecule has 0 radical (unpaired) electrons. The number of alkyl halides is 2. The number of rotatable bonds is 8. The third kappa shape index (κ3) is 6.26. The Balaban J connectivity index is 2.02. The molecule has 0 spiro atoms. The van der Waals surface area contributed by atoms with Crippen LogP contribution in [0.4, 0.5) is 13.6 Å². The van der Waals surface area contributed by atoms with Crippen molar-refractivity contribution in [3.63, 3.8) is 0 Å². The lowest BCUT2D eigenvalue weighted by Crippen LogP contribution is -2.51. The predicted octanol–water partition coefficient (Wildman–Crippen LogP) is 5.67. The summed E-state index contributed by atoms with van der Waals surface area (Å²) >= 11 is 0. The van der Waals surface area contributed by atoms with Gasteiger partial charge in [0, 0.05) is 31.9 Å². The molecular formula is C24H31F2N3O2. The number of ether oxygens (including phenoxy) is 1. The Morgan fingerprint density at radius 2 is 2.00 bits per heavy atom. The van der Waals surface area contributed by atoms with Gasteiger partial charge in [-0.05, 0) is 31.9 Å². The molecule has 1 saturated heterocycles. The smallest absolute Gasteiger partial charge is 0.412 e. The summed E-state index contributed by atoms with van der Waals surface area (Å²) in [6, 6.07) is 0. The maximum atomic E-state index is 13.6. The van der Waals surface area contributed by atoms with E-state index >= 15 is 0 Å². The Morgan fingerprint density at radius 1 is 1.26 bits per heavy atom. The molecule has 0 aromatic rings. The standard InChI is InChI=1S/C24H31F2N3O2/c1-6-10-18(11-7-2)20-16-22(28-27-20)29-15-14-21(31-23(29)30)17(8-3)12-13-19(9-4)24(5,25)26/h6-13,21-22,28H,1,14-16H2,2-5H3/b11-7-,13-12-,17-8+,18-10+,19-9+. The van der Waals surface area contributed by atoms with Crippen LogP contribution in [0.5, 0.6) is 0 Å². The summed E-state index contributed by atoms with van der Waals surface area (Å²) in [4.78, 5) is 14.3. The highest BCUT2D eigenvalue weighted by Crippen LogP contribution is 2.27. The molecule has 2 rings (SSSR count). The topological polar surface area (TPSA) is 53.9 Å². The Morgan fingerprint density at radius 3 is 2.55 bits per heavy atom. The van der Waals surface area contributed by atoms with Gasteiger partial charge in [-0.25, -0.2) is 13.6 Å². The van der Waals surface area contributed by atoms with Crippen LogP contribution in [0.1, 0.15) is 40.5 Å². The zero-order valence-electron chi connectivity index (χ0n) is 18.6. The van der Waals surface area contributed by atoms with Gasteiger partial charge < -0.3 is 4.74 Å². The van der Waals surface area contributed by atoms with Gasteiger partial charge in [0.05, 0.1) is 5.71 Å². The largest absolute Gasteiger partial charge is 0.441 e. The number of nitrogens with zero attached hydrogens (tertiary/aromatic N) is 2. The van der Waals surface area contributed by atoms with Gasteiger partial charge >= 0.3 is 6.09 Å². The second kappa shape index (κ2) is 10.9. The maximum absolute atomic E-state index is 13.6. The minimum Gasteiger partial charge on any atom is -0.441 e. The van der Waals surface area contributed by atoms with E-state index in [-0.39, 0.29) is 11.7 Å². The summed E-state index contributed by atoms with van der Waals surface area (Å²) in [6.45, 7) is 10.4. The number of cyclic esters (lactones) is 1. The van der Waals surface area contributed by atoms with Gasteiger partial charge in [0.2, 0.25) is 0 Å². The predicted molar refractivity (Wildman–Crippen MR) is 121 cm³/mol. The third-order valence-corrected chi connectivity index (χ3v) is 5.18. The Hall–Kier alpha value is -2.96. The number of hydrogen-bond acceptors (Lipinski definition) is 4. The van der Waals surface area contributed by atoms with E-state index in [9.17, 15) is 13.6 Å². The molecule has 1 fully saturated rings. The SMILES string of the molecule is C=C/C=C(\C=C/C)C1=NNC(N2CCC(C(/C=C\C(=C/C)C(C)(F)F)=C/C)OC2=O)C1. The van der Waals surface area contributed by atoms with Crippen LogP contribution in [-0.2, 0) is 4.74 Å². The molecule has 0 aromatic heterocycles. The van der Waals surface area contributed by atoms with E-state index in [1.165, 1.54) is 12.2 Å². The van der Waals surface area contributed by atoms with E-state index in [2.05, 4.69) is 17.1 Å². The van der Waals surface area contributed by atoms with Crippen LogP contribution in [0, 0.1) is 0 Å². The molecule has 2 atom stereocenters. The quantitative estimate of drug-likeness (QED) is 0.504. The van der Waals surface area contributed by atoms with Gasteiger partial charge in [0.25, 0.3) is 5.92 Å². The fourth-order valence-corrected chi connectivity index (χ4v) is 3.53. The van der Waals surface area contributed by atoms with Crippen molar-refractivity contribution >= 4 is 11.8 Å². The number of carbonyl (C=O) groups excluding carboxylic acids is 1. The summed E-state index contributed by atoms with van der Waals surface area (Å²) in [6.07, 6.45) is 13.5. The lowest BCUT2D eigenvalue weighted by atomic mass is 10.0. The van der Waals surface area contributed by atoms with E-state index in [1.807, 2.05) is 25.2 Å². The van der Waals surface area contributed by atoms with Crippen LogP contribution < -0.4 is 5.43 Å². The molecule has 0 saturated carbocycles. The van der Waals surface area contributed by atoms with Gasteiger partial charge in [0.15, 0.2) is 0 Å². The van der Waals surface area contributed by atoms with Crippen LogP contribution in [0.2, 0.25) is 0 Å². The van der Waals surface area contributed by atoms with Crippen molar-refractivity contribution in [1.82, 2.24) is 10.3 Å². The number of allylic oxidation sites excluding steroid dienone is 9. The van der Waals surface area contributed by atoms with Gasteiger partial charge in [-0.2, -0.15) is 5.10 Å². The summed E-state index contributed by atoms with van der Waals surface area (Å²) in [5, 5.41) is 4.37. The normalized spacial score (nSPS) is 23.9. The number of hydrazone groups is 1. The molecular weight excluding hydrogens is 400 g/mol. The molecule has 2 aliphatic rings. The number of nitrogens with one attached hydrogen (secondary N) is 1. The summed E-state index contributed by atoms with van der Waals surface area (Å²) < 4.78 is 32.8. The fraction of sp³-hybridized carbons (Fsp3) is 0.417. The van der Waals surface area contributed by atoms with Gasteiger partial charge in [-0.1, -0.05) is 55.2 Å². The number of hydrogen-bond donors (Lipinski definition) is 1. The molecule has 5 nitrogen and oxygen atoms in total. The average Bonchev–Trinajstić information content (AvgIpc) is 3.20. The lowest BCUT2D eigenvalue weighted by Gasteiger charge is -2.35. The molecule has 168 valence electrons. The fourth-order valence-electron chi connectivity index (χ4n) is 3.53. The highest BCUT2D eigenvalue weighted by molar-refractivity contribution is 6.04. The highest BCUT2D eigenvalue weighted by Gasteiger charge is 2.36. The average molecular weight is 432 g/mol. The van der Waals surface area contributed by atoms with Gasteiger partial charge in [-0.3, -0.25) is 10.3 Å². The zero-order valence-corrected chi connectivity index (χ0v) is 18.6. The second-order valence-electron chi connectivity index (χ2n) is 7.37. The monoisotopic (exact) mass is 431 g/mol. The minimum absolute atomic E-state index is 0.0834. The number of carbonyl (C=O) groups is 1. The summed E-state index contributed by atoms with van der Waals surface area (Å²) in [5.41, 5.74) is 5.40. The van der Waals surface area contributed by atoms with Gasteiger partial charge in [-0.15, -0.1) is 0 Å². The number of amides is 1. The molecule has 2 heterocycles. The molecule has 31 heavy (non-hydrogen) atoms. The second-order valence-corrected chi connectivity index (χ2v) is 7.37. The van der Waals surface area contributed by atoms with E-state index in [1.54, 1.807) is 37.0 Å². The molecule has 2 aliphatic heterocycles. The molecule has 1 amide bonds. The maximum Gasteiger partial charge on any atom is 0.412 e. The third-order valence-electron chi connectivity index (χ3n) is 5.18. The van der Waals surface area contributed by atoms with Crippen molar-refractivity contribution in [2.45, 2.75) is 58.7 Å². The first-order valence-electron chi connectivity index (χ1n) is 10.4. The van der Waals surface area contributed by atoms with Crippen molar-refractivity contribution in [2.24, 2.45) is 5.10 Å². The van der Waals surface area contributed by atoms with E-state index < -0.39 is 18.1 Å². The molecule has 0 aromatic carbocycles. The summed E-state index contributed by atoms with van der Waals surface area (Å²) in [7, 11) is 0. The van der Waals surface area contributed by atoms with Crippen molar-refractivity contribution < 1.29 is 18.3 Å². The lowest BCUT2D eigenvalue weighted by molar-refractivity contribution is 0.0233. The molecule has 2 unspecified atom stereocenters. The van der Waals surface area contributed by atoms with Crippen LogP contribution in [0.15, 0.2) is 77.0 Å². The zero-order chi connectivity index (χ0) is 23.0. The first-order chi connectivity index (χ1) is 14.7. The van der Waals surface area contributed by atoms with Crippen LogP contribution >= 0.6 is 0 Å². The van der Waals surface area contributed by atoms with Crippen molar-refractivity contribution in [3.8, 4) is 0 Å². The van der Waals surface area contributed by atoms with Crippen LogP contribution in [-0.4, -0.2) is 41.4 Å². The van der Waals surface area contributed by atoms with E-state index in [0.29, 0.717) is 25.0 Å². The van der Waals surface area contributed by atoms with Crippen molar-refractivity contribution in [1.29, 1.82) is 0 Å². The molecule has 0 aliphatic carbocycles. The van der Waals surface area contributed by atoms with E-state index in [0.717, 1.165) is 18.2 Å². The molecule has 7 heteroatoms. The molecule has 1 N–H and O–H groups in total. The Bertz CT molecular complexity index is 861. The Kier molecular flexibility index (Phi) is 8.54. The van der Waals surface area contributed by atoms with Crippen LogP contribution in [0.25, 0.3) is 0 Å². The summed E-state index contributed by atoms with van der Waals surface area (Å²) in [5.74, 6) is -2.93. The van der Waals surface area contributed by atoms with Crippen LogP contribution in [0.3, 0.4) is 0 Å². The first kappa shape index (κ1) is 24.3.